The molecule has 6 nitrogen and oxygen atoms in total. The van der Waals surface area contributed by atoms with Gasteiger partial charge in [0.25, 0.3) is 0 Å². The summed E-state index contributed by atoms with van der Waals surface area (Å²) in [5.41, 5.74) is 6.05. The highest BCUT2D eigenvalue weighted by molar-refractivity contribution is 5.88. The lowest BCUT2D eigenvalue weighted by atomic mass is 9.68. The third-order valence-electron chi connectivity index (χ3n) is 7.31. The molecular formula is C21H20N6. The Hall–Kier alpha value is -2.89. The number of aromatic nitrogens is 5. The second-order valence-corrected chi connectivity index (χ2v) is 8.39. The Morgan fingerprint density at radius 3 is 3.00 bits per heavy atom. The minimum Gasteiger partial charge on any atom is -0.376 e. The Morgan fingerprint density at radius 2 is 2.00 bits per heavy atom. The van der Waals surface area contributed by atoms with Gasteiger partial charge in [0.2, 0.25) is 0 Å². The summed E-state index contributed by atoms with van der Waals surface area (Å²) in [6, 6.07) is 8.77. The summed E-state index contributed by atoms with van der Waals surface area (Å²) < 4.78 is 2.02. The lowest BCUT2D eigenvalue weighted by Crippen LogP contribution is -2.36. The SMILES string of the molecule is c1cc(C2Nc3ccc4[nH]ncc4c3C3C4CCC(C4)C23)n2nccc2n1. The molecule has 1 aliphatic heterocycles. The number of nitrogens with one attached hydrogen (secondary N) is 2. The number of anilines is 1. The molecule has 0 spiro atoms. The van der Waals surface area contributed by atoms with E-state index in [1.807, 2.05) is 29.2 Å². The summed E-state index contributed by atoms with van der Waals surface area (Å²) >= 11 is 0. The van der Waals surface area contributed by atoms with Gasteiger partial charge in [0.15, 0.2) is 5.65 Å². The van der Waals surface area contributed by atoms with Crippen molar-refractivity contribution in [1.29, 1.82) is 0 Å². The number of hydrogen-bond donors (Lipinski definition) is 2. The van der Waals surface area contributed by atoms with Crippen LogP contribution < -0.4 is 5.32 Å². The van der Waals surface area contributed by atoms with Gasteiger partial charge in [0.1, 0.15) is 0 Å². The minimum absolute atomic E-state index is 0.271. The van der Waals surface area contributed by atoms with Crippen molar-refractivity contribution in [2.24, 2.45) is 17.8 Å². The zero-order valence-corrected chi connectivity index (χ0v) is 14.8. The van der Waals surface area contributed by atoms with Crippen molar-refractivity contribution in [1.82, 2.24) is 24.8 Å². The standard InChI is InChI=1S/C21H20N6/c1-2-12-9-11(1)18-19(12)21(16-5-7-22-17-6-8-24-27(16)17)25-15-4-3-14-13(20(15)18)10-23-26-14/h3-8,10-12,18-19,21,25H,1-2,9H2,(H,23,26). The monoisotopic (exact) mass is 356 g/mol. The van der Waals surface area contributed by atoms with E-state index >= 15 is 0 Å². The molecule has 134 valence electrons. The Kier molecular flexibility index (Phi) is 2.57. The molecule has 1 aromatic carbocycles. The van der Waals surface area contributed by atoms with Crippen LogP contribution in [0.5, 0.6) is 0 Å². The van der Waals surface area contributed by atoms with Crippen molar-refractivity contribution < 1.29 is 0 Å². The molecule has 2 aliphatic carbocycles. The Morgan fingerprint density at radius 1 is 1.04 bits per heavy atom. The minimum atomic E-state index is 0.271. The third-order valence-corrected chi connectivity index (χ3v) is 7.31. The van der Waals surface area contributed by atoms with Gasteiger partial charge in [-0.1, -0.05) is 0 Å². The number of aromatic amines is 1. The molecule has 4 aromatic rings. The fourth-order valence-corrected chi connectivity index (χ4v) is 6.39. The molecule has 2 fully saturated rings. The highest BCUT2D eigenvalue weighted by atomic mass is 15.3. The van der Waals surface area contributed by atoms with Gasteiger partial charge in [0, 0.05) is 23.3 Å². The van der Waals surface area contributed by atoms with Crippen LogP contribution in [0, 0.1) is 17.8 Å². The second kappa shape index (κ2) is 4.88. The Balaban J connectivity index is 1.48. The average Bonchev–Trinajstić information content (AvgIpc) is 3.49. The molecule has 2 bridgehead atoms. The molecule has 4 heterocycles. The summed E-state index contributed by atoms with van der Waals surface area (Å²) in [6.07, 6.45) is 9.85. The van der Waals surface area contributed by atoms with E-state index in [9.17, 15) is 0 Å². The van der Waals surface area contributed by atoms with Crippen LogP contribution >= 0.6 is 0 Å². The summed E-state index contributed by atoms with van der Waals surface area (Å²) in [7, 11) is 0. The first-order chi connectivity index (χ1) is 13.4. The highest BCUT2D eigenvalue weighted by Crippen LogP contribution is 2.64. The van der Waals surface area contributed by atoms with Crippen molar-refractivity contribution in [3.05, 3.63) is 54.1 Å². The molecule has 2 N–H and O–H groups in total. The lowest BCUT2D eigenvalue weighted by Gasteiger charge is -2.43. The van der Waals surface area contributed by atoms with Crippen LogP contribution in [0.4, 0.5) is 5.69 Å². The zero-order chi connectivity index (χ0) is 17.5. The van der Waals surface area contributed by atoms with Gasteiger partial charge < -0.3 is 5.32 Å². The molecule has 2 saturated carbocycles. The first-order valence-electron chi connectivity index (χ1n) is 9.89. The molecule has 5 atom stereocenters. The summed E-state index contributed by atoms with van der Waals surface area (Å²) in [5.74, 6) is 2.78. The van der Waals surface area contributed by atoms with Gasteiger partial charge in [-0.2, -0.15) is 10.2 Å². The summed E-state index contributed by atoms with van der Waals surface area (Å²) in [6.45, 7) is 0. The lowest BCUT2D eigenvalue weighted by molar-refractivity contribution is 0.245. The quantitative estimate of drug-likeness (QED) is 0.543. The highest BCUT2D eigenvalue weighted by Gasteiger charge is 2.54. The molecule has 6 heteroatoms. The van der Waals surface area contributed by atoms with Gasteiger partial charge in [-0.15, -0.1) is 0 Å². The van der Waals surface area contributed by atoms with E-state index in [0.717, 1.165) is 23.0 Å². The van der Waals surface area contributed by atoms with Gasteiger partial charge in [-0.3, -0.25) is 5.10 Å². The van der Waals surface area contributed by atoms with E-state index < -0.39 is 0 Å². The fraction of sp³-hybridized carbons (Fsp3) is 0.381. The summed E-state index contributed by atoms with van der Waals surface area (Å²) in [5, 5.41) is 17.2. The molecule has 3 aromatic heterocycles. The van der Waals surface area contributed by atoms with E-state index in [4.69, 9.17) is 0 Å². The fourth-order valence-electron chi connectivity index (χ4n) is 6.39. The Labute approximate surface area is 156 Å². The van der Waals surface area contributed by atoms with Gasteiger partial charge in [0.05, 0.1) is 29.6 Å². The number of hydrogen-bond acceptors (Lipinski definition) is 4. The van der Waals surface area contributed by atoms with Crippen molar-refractivity contribution in [3.8, 4) is 0 Å². The summed E-state index contributed by atoms with van der Waals surface area (Å²) in [4.78, 5) is 4.47. The average molecular weight is 356 g/mol. The van der Waals surface area contributed by atoms with Crippen molar-refractivity contribution in [2.75, 3.05) is 5.32 Å². The van der Waals surface area contributed by atoms with Crippen LogP contribution in [0.3, 0.4) is 0 Å². The topological polar surface area (TPSA) is 70.9 Å². The van der Waals surface area contributed by atoms with Gasteiger partial charge >= 0.3 is 0 Å². The van der Waals surface area contributed by atoms with Crippen molar-refractivity contribution >= 4 is 22.2 Å². The predicted molar refractivity (Wildman–Crippen MR) is 103 cm³/mol. The number of H-pyrrole nitrogens is 1. The van der Waals surface area contributed by atoms with Crippen LogP contribution in [0.2, 0.25) is 0 Å². The van der Waals surface area contributed by atoms with Crippen molar-refractivity contribution in [3.63, 3.8) is 0 Å². The maximum Gasteiger partial charge on any atom is 0.155 e. The molecule has 5 unspecified atom stereocenters. The van der Waals surface area contributed by atoms with E-state index in [1.165, 1.54) is 41.6 Å². The van der Waals surface area contributed by atoms with Gasteiger partial charge in [-0.25, -0.2) is 9.50 Å². The molecular weight excluding hydrogens is 336 g/mol. The number of benzene rings is 1. The number of nitrogens with zero attached hydrogens (tertiary/aromatic N) is 4. The predicted octanol–water partition coefficient (Wildman–Crippen LogP) is 3.90. The third kappa shape index (κ3) is 1.73. The van der Waals surface area contributed by atoms with Crippen molar-refractivity contribution in [2.45, 2.75) is 31.2 Å². The smallest absolute Gasteiger partial charge is 0.155 e. The molecule has 0 saturated heterocycles. The molecule has 3 aliphatic rings. The van der Waals surface area contributed by atoms with Crippen LogP contribution in [0.15, 0.2) is 42.9 Å². The maximum absolute atomic E-state index is 4.57. The second-order valence-electron chi connectivity index (χ2n) is 8.39. The Bertz CT molecular complexity index is 1190. The normalized spacial score (nSPS) is 31.2. The van der Waals surface area contributed by atoms with Crippen LogP contribution in [0.1, 0.15) is 42.5 Å². The molecule has 27 heavy (non-hydrogen) atoms. The number of rotatable bonds is 1. The van der Waals surface area contributed by atoms with E-state index in [1.54, 1.807) is 0 Å². The van der Waals surface area contributed by atoms with E-state index in [0.29, 0.717) is 11.8 Å². The first kappa shape index (κ1) is 14.2. The van der Waals surface area contributed by atoms with Crippen LogP contribution in [-0.2, 0) is 0 Å². The van der Waals surface area contributed by atoms with Crippen LogP contribution in [-0.4, -0.2) is 24.8 Å². The maximum atomic E-state index is 4.57. The molecule has 7 rings (SSSR count). The molecule has 0 amide bonds. The molecule has 0 radical (unpaired) electrons. The van der Waals surface area contributed by atoms with Gasteiger partial charge in [-0.05, 0) is 66.7 Å². The number of fused-ring (bicyclic) bond motifs is 10. The van der Waals surface area contributed by atoms with E-state index in [2.05, 4.69) is 43.8 Å². The van der Waals surface area contributed by atoms with E-state index in [-0.39, 0.29) is 6.04 Å². The zero-order valence-electron chi connectivity index (χ0n) is 14.8. The first-order valence-corrected chi connectivity index (χ1v) is 9.89. The largest absolute Gasteiger partial charge is 0.376 e. The van der Waals surface area contributed by atoms with Crippen LogP contribution in [0.25, 0.3) is 16.6 Å².